The summed E-state index contributed by atoms with van der Waals surface area (Å²) in [5, 5.41) is 5.45. The van der Waals surface area contributed by atoms with Crippen molar-refractivity contribution >= 4 is 39.1 Å². The highest BCUT2D eigenvalue weighted by atomic mass is 35.5. The lowest BCUT2D eigenvalue weighted by molar-refractivity contribution is -0.120. The third-order valence-electron chi connectivity index (χ3n) is 4.19. The summed E-state index contributed by atoms with van der Waals surface area (Å²) < 4.78 is 25.6. The Labute approximate surface area is 151 Å². The van der Waals surface area contributed by atoms with Crippen molar-refractivity contribution in [3.63, 3.8) is 0 Å². The highest BCUT2D eigenvalue weighted by Crippen LogP contribution is 2.28. The minimum absolute atomic E-state index is 0.114. The number of benzene rings is 1. The van der Waals surface area contributed by atoms with E-state index in [9.17, 15) is 18.0 Å². The average Bonchev–Trinajstić information content (AvgIpc) is 3.36. The van der Waals surface area contributed by atoms with Crippen molar-refractivity contribution in [2.75, 3.05) is 23.1 Å². The molecule has 1 aliphatic heterocycles. The summed E-state index contributed by atoms with van der Waals surface area (Å²) in [5.41, 5.74) is 0.659. The minimum Gasteiger partial charge on any atom is -0.352 e. The van der Waals surface area contributed by atoms with Gasteiger partial charge < -0.3 is 10.6 Å². The normalized spacial score (nSPS) is 19.3. The van der Waals surface area contributed by atoms with Crippen LogP contribution in [0.5, 0.6) is 0 Å². The van der Waals surface area contributed by atoms with Crippen LogP contribution < -0.4 is 14.9 Å². The third kappa shape index (κ3) is 4.43. The second kappa shape index (κ2) is 7.21. The molecule has 1 aliphatic carbocycles. The summed E-state index contributed by atoms with van der Waals surface area (Å²) in [6.45, 7) is 0.291. The number of nitrogens with one attached hydrogen (secondary N) is 2. The van der Waals surface area contributed by atoms with E-state index in [4.69, 9.17) is 11.6 Å². The predicted molar refractivity (Wildman–Crippen MR) is 95.3 cm³/mol. The van der Waals surface area contributed by atoms with Crippen LogP contribution >= 0.6 is 11.6 Å². The molecule has 1 saturated carbocycles. The molecule has 9 heteroatoms. The van der Waals surface area contributed by atoms with E-state index in [-0.39, 0.29) is 34.8 Å². The zero-order valence-electron chi connectivity index (χ0n) is 13.6. The molecule has 2 fully saturated rings. The van der Waals surface area contributed by atoms with E-state index in [1.54, 1.807) is 6.07 Å². The van der Waals surface area contributed by atoms with Crippen LogP contribution in [0.25, 0.3) is 0 Å². The number of anilines is 1. The van der Waals surface area contributed by atoms with Crippen molar-refractivity contribution in [3.8, 4) is 0 Å². The Balaban J connectivity index is 1.66. The van der Waals surface area contributed by atoms with Gasteiger partial charge in [-0.05, 0) is 43.9 Å². The van der Waals surface area contributed by atoms with Gasteiger partial charge in [-0.1, -0.05) is 11.6 Å². The molecule has 1 saturated heterocycles. The molecule has 2 N–H and O–H groups in total. The standard InChI is InChI=1S/C16H20ClN3O4S/c17-14-9-12(20-7-1-2-8-25(20,23)24)5-6-13(14)16(22)18-10-15(21)19-11-3-4-11/h5-6,9,11H,1-4,7-8,10H2,(H,18,22)(H,19,21). The maximum atomic E-state index is 12.2. The molecule has 136 valence electrons. The van der Waals surface area contributed by atoms with Gasteiger partial charge in [0.05, 0.1) is 28.6 Å². The largest absolute Gasteiger partial charge is 0.352 e. The second-order valence-electron chi connectivity index (χ2n) is 6.28. The number of hydrogen-bond donors (Lipinski definition) is 2. The molecule has 0 atom stereocenters. The van der Waals surface area contributed by atoms with Crippen LogP contribution in [-0.2, 0) is 14.8 Å². The molecular formula is C16H20ClN3O4S. The Morgan fingerprint density at radius 1 is 1.24 bits per heavy atom. The van der Waals surface area contributed by atoms with Gasteiger partial charge in [0.15, 0.2) is 0 Å². The average molecular weight is 386 g/mol. The third-order valence-corrected chi connectivity index (χ3v) is 6.37. The van der Waals surface area contributed by atoms with Gasteiger partial charge in [0.1, 0.15) is 0 Å². The Bertz CT molecular complexity index is 793. The van der Waals surface area contributed by atoms with Crippen molar-refractivity contribution in [2.24, 2.45) is 0 Å². The van der Waals surface area contributed by atoms with Gasteiger partial charge in [0, 0.05) is 12.6 Å². The SMILES string of the molecule is O=C(CNC(=O)c1ccc(N2CCCCS2(=O)=O)cc1Cl)NC1CC1. The van der Waals surface area contributed by atoms with Gasteiger partial charge in [-0.2, -0.15) is 0 Å². The first kappa shape index (κ1) is 18.0. The van der Waals surface area contributed by atoms with Gasteiger partial charge >= 0.3 is 0 Å². The molecule has 2 aliphatic rings. The molecule has 7 nitrogen and oxygen atoms in total. The quantitative estimate of drug-likeness (QED) is 0.798. The highest BCUT2D eigenvalue weighted by molar-refractivity contribution is 7.92. The smallest absolute Gasteiger partial charge is 0.253 e. The number of amides is 2. The van der Waals surface area contributed by atoms with E-state index < -0.39 is 15.9 Å². The Kier molecular flexibility index (Phi) is 5.19. The molecular weight excluding hydrogens is 366 g/mol. The van der Waals surface area contributed by atoms with E-state index in [1.165, 1.54) is 16.4 Å². The highest BCUT2D eigenvalue weighted by Gasteiger charge is 2.27. The van der Waals surface area contributed by atoms with Crippen molar-refractivity contribution < 1.29 is 18.0 Å². The van der Waals surface area contributed by atoms with E-state index in [0.717, 1.165) is 19.3 Å². The van der Waals surface area contributed by atoms with Crippen molar-refractivity contribution in [3.05, 3.63) is 28.8 Å². The molecule has 0 unspecified atom stereocenters. The van der Waals surface area contributed by atoms with Gasteiger partial charge in [0.25, 0.3) is 5.91 Å². The van der Waals surface area contributed by atoms with Gasteiger partial charge in [0.2, 0.25) is 15.9 Å². The summed E-state index contributed by atoms with van der Waals surface area (Å²) in [5.74, 6) is -0.588. The first-order chi connectivity index (χ1) is 11.9. The van der Waals surface area contributed by atoms with Crippen LogP contribution in [0.3, 0.4) is 0 Å². The Morgan fingerprint density at radius 2 is 2.00 bits per heavy atom. The molecule has 3 rings (SSSR count). The topological polar surface area (TPSA) is 95.6 Å². The van der Waals surface area contributed by atoms with Crippen LogP contribution in [-0.4, -0.2) is 45.1 Å². The Morgan fingerprint density at radius 3 is 2.64 bits per heavy atom. The van der Waals surface area contributed by atoms with Crippen LogP contribution in [0.2, 0.25) is 5.02 Å². The first-order valence-electron chi connectivity index (χ1n) is 8.24. The molecule has 0 spiro atoms. The van der Waals surface area contributed by atoms with E-state index in [1.807, 2.05) is 0 Å². The number of nitrogens with zero attached hydrogens (tertiary/aromatic N) is 1. The molecule has 0 radical (unpaired) electrons. The molecule has 25 heavy (non-hydrogen) atoms. The van der Waals surface area contributed by atoms with Crippen LogP contribution in [0, 0.1) is 0 Å². The van der Waals surface area contributed by atoms with Crippen molar-refractivity contribution in [1.82, 2.24) is 10.6 Å². The fourth-order valence-corrected chi connectivity index (χ4v) is 4.58. The summed E-state index contributed by atoms with van der Waals surface area (Å²) in [6.07, 6.45) is 3.39. The molecule has 1 aromatic carbocycles. The van der Waals surface area contributed by atoms with Gasteiger partial charge in [-0.25, -0.2) is 8.42 Å². The van der Waals surface area contributed by atoms with Crippen LogP contribution in [0.4, 0.5) is 5.69 Å². The summed E-state index contributed by atoms with van der Waals surface area (Å²) in [4.78, 5) is 23.8. The molecule has 1 aromatic rings. The lowest BCUT2D eigenvalue weighted by Gasteiger charge is -2.28. The maximum absolute atomic E-state index is 12.2. The fraction of sp³-hybridized carbons (Fsp3) is 0.500. The predicted octanol–water partition coefficient (Wildman–Crippen LogP) is 1.28. The number of carbonyl (C=O) groups is 2. The zero-order valence-corrected chi connectivity index (χ0v) is 15.2. The van der Waals surface area contributed by atoms with Crippen molar-refractivity contribution in [1.29, 1.82) is 0 Å². The van der Waals surface area contributed by atoms with E-state index in [2.05, 4.69) is 10.6 Å². The first-order valence-corrected chi connectivity index (χ1v) is 10.2. The molecule has 0 aromatic heterocycles. The maximum Gasteiger partial charge on any atom is 0.253 e. The van der Waals surface area contributed by atoms with Gasteiger partial charge in [-0.15, -0.1) is 0 Å². The number of hydrogen-bond acceptors (Lipinski definition) is 4. The van der Waals surface area contributed by atoms with E-state index >= 15 is 0 Å². The van der Waals surface area contributed by atoms with Crippen LogP contribution in [0.1, 0.15) is 36.0 Å². The zero-order chi connectivity index (χ0) is 18.0. The number of rotatable bonds is 5. The second-order valence-corrected chi connectivity index (χ2v) is 8.70. The molecule has 1 heterocycles. The minimum atomic E-state index is -3.33. The fourth-order valence-electron chi connectivity index (χ4n) is 2.68. The number of carbonyl (C=O) groups excluding carboxylic acids is 2. The lowest BCUT2D eigenvalue weighted by atomic mass is 10.2. The van der Waals surface area contributed by atoms with Gasteiger partial charge in [-0.3, -0.25) is 13.9 Å². The Hall–Kier alpha value is -1.80. The number of halogens is 1. The summed E-state index contributed by atoms with van der Waals surface area (Å²) in [6, 6.07) is 4.76. The summed E-state index contributed by atoms with van der Waals surface area (Å²) >= 11 is 6.16. The molecule has 2 amide bonds. The lowest BCUT2D eigenvalue weighted by Crippen LogP contribution is -2.38. The van der Waals surface area contributed by atoms with E-state index in [0.29, 0.717) is 18.7 Å². The van der Waals surface area contributed by atoms with Crippen LogP contribution in [0.15, 0.2) is 18.2 Å². The number of sulfonamides is 1. The van der Waals surface area contributed by atoms with Crippen molar-refractivity contribution in [2.45, 2.75) is 31.7 Å². The monoisotopic (exact) mass is 385 g/mol. The molecule has 0 bridgehead atoms. The summed E-state index contributed by atoms with van der Waals surface area (Å²) in [7, 11) is -3.33.